The van der Waals surface area contributed by atoms with Crippen molar-refractivity contribution in [2.75, 3.05) is 31.1 Å². The van der Waals surface area contributed by atoms with Gasteiger partial charge in [0.1, 0.15) is 11.6 Å². The number of aryl methyl sites for hydroxylation is 3. The van der Waals surface area contributed by atoms with Gasteiger partial charge in [-0.15, -0.1) is 0 Å². The average molecular weight is 408 g/mol. The lowest BCUT2D eigenvalue weighted by Gasteiger charge is -2.36. The van der Waals surface area contributed by atoms with Gasteiger partial charge in [-0.3, -0.25) is 0 Å². The monoisotopic (exact) mass is 407 g/mol. The van der Waals surface area contributed by atoms with Crippen molar-refractivity contribution in [1.82, 2.24) is 30.0 Å². The highest BCUT2D eigenvalue weighted by atomic mass is 16.2. The van der Waals surface area contributed by atoms with Crippen LogP contribution in [-0.4, -0.2) is 62.9 Å². The maximum Gasteiger partial charge on any atom is 0.317 e. The second-order valence-electron chi connectivity index (χ2n) is 8.26. The third-order valence-corrected chi connectivity index (χ3v) is 5.38. The van der Waals surface area contributed by atoms with E-state index in [0.717, 1.165) is 41.2 Å². The molecule has 8 heteroatoms. The van der Waals surface area contributed by atoms with Gasteiger partial charge in [-0.1, -0.05) is 17.7 Å². The van der Waals surface area contributed by atoms with E-state index in [1.54, 1.807) is 0 Å². The van der Waals surface area contributed by atoms with Gasteiger partial charge in [0.05, 0.1) is 17.3 Å². The van der Waals surface area contributed by atoms with E-state index in [4.69, 9.17) is 9.97 Å². The minimum Gasteiger partial charge on any atom is -0.352 e. The number of carbonyl (C=O) groups excluding carboxylic acids is 1. The van der Waals surface area contributed by atoms with Crippen LogP contribution in [0.4, 0.5) is 10.6 Å². The van der Waals surface area contributed by atoms with Gasteiger partial charge in [0.15, 0.2) is 5.65 Å². The zero-order valence-electron chi connectivity index (χ0n) is 18.3. The molecular formula is C22H29N7O. The molecule has 0 atom stereocenters. The first-order valence-electron chi connectivity index (χ1n) is 10.4. The Labute approximate surface area is 176 Å². The molecule has 0 aliphatic carbocycles. The molecule has 1 aliphatic heterocycles. The summed E-state index contributed by atoms with van der Waals surface area (Å²) >= 11 is 0. The fourth-order valence-electron chi connectivity index (χ4n) is 3.92. The Morgan fingerprint density at radius 2 is 1.80 bits per heavy atom. The topological polar surface area (TPSA) is 79.2 Å². The largest absolute Gasteiger partial charge is 0.352 e. The lowest BCUT2D eigenvalue weighted by atomic mass is 10.1. The molecule has 1 N–H and O–H groups in total. The van der Waals surface area contributed by atoms with E-state index in [-0.39, 0.29) is 12.1 Å². The highest BCUT2D eigenvalue weighted by Gasteiger charge is 2.25. The van der Waals surface area contributed by atoms with Crippen molar-refractivity contribution in [3.63, 3.8) is 0 Å². The van der Waals surface area contributed by atoms with E-state index in [1.165, 1.54) is 5.56 Å². The Bertz CT molecular complexity index is 1080. The van der Waals surface area contributed by atoms with Crippen LogP contribution in [0.25, 0.3) is 16.7 Å². The van der Waals surface area contributed by atoms with E-state index >= 15 is 0 Å². The summed E-state index contributed by atoms with van der Waals surface area (Å²) in [6, 6.07) is 6.46. The van der Waals surface area contributed by atoms with Gasteiger partial charge in [-0.25, -0.2) is 19.4 Å². The second-order valence-corrected chi connectivity index (χ2v) is 8.26. The first-order chi connectivity index (χ1) is 14.3. The normalized spacial score (nSPS) is 14.6. The van der Waals surface area contributed by atoms with Crippen LogP contribution < -0.4 is 10.2 Å². The van der Waals surface area contributed by atoms with Crippen LogP contribution in [0.5, 0.6) is 0 Å². The third kappa shape index (κ3) is 3.81. The molecule has 30 heavy (non-hydrogen) atoms. The molecule has 2 amide bonds. The Hall–Kier alpha value is -3.16. The quantitative estimate of drug-likeness (QED) is 0.722. The number of fused-ring (bicyclic) bond motifs is 1. The van der Waals surface area contributed by atoms with Gasteiger partial charge in [-0.05, 0) is 46.2 Å². The van der Waals surface area contributed by atoms with Crippen molar-refractivity contribution < 1.29 is 4.79 Å². The van der Waals surface area contributed by atoms with Crippen LogP contribution in [0.1, 0.15) is 30.8 Å². The Balaban J connectivity index is 1.63. The number of anilines is 1. The fourth-order valence-corrected chi connectivity index (χ4v) is 3.92. The van der Waals surface area contributed by atoms with E-state index < -0.39 is 0 Å². The second kappa shape index (κ2) is 7.93. The molecule has 1 fully saturated rings. The zero-order chi connectivity index (χ0) is 21.4. The number of amides is 2. The van der Waals surface area contributed by atoms with Crippen LogP contribution in [0.3, 0.4) is 0 Å². The van der Waals surface area contributed by atoms with E-state index in [9.17, 15) is 4.79 Å². The molecule has 1 saturated heterocycles. The molecule has 4 rings (SSSR count). The fraction of sp³-hybridized carbons (Fsp3) is 0.455. The molecule has 158 valence electrons. The molecule has 3 aromatic rings. The molecule has 0 saturated carbocycles. The summed E-state index contributed by atoms with van der Waals surface area (Å²) in [4.78, 5) is 25.8. The van der Waals surface area contributed by atoms with Crippen molar-refractivity contribution in [3.8, 4) is 5.69 Å². The Morgan fingerprint density at radius 1 is 1.07 bits per heavy atom. The standard InChI is InChI=1S/C22H29N7O/c1-14(2)24-22(30)28-10-8-27(9-11-28)20-18-13-23-29(21(18)26-17(5)25-20)19-7-6-15(3)12-16(19)4/h6-7,12-14H,8-11H2,1-5H3,(H,24,30). The predicted octanol–water partition coefficient (Wildman–Crippen LogP) is 2.98. The van der Waals surface area contributed by atoms with Gasteiger partial charge in [0.25, 0.3) is 0 Å². The molecule has 2 aromatic heterocycles. The molecule has 0 bridgehead atoms. The Kier molecular flexibility index (Phi) is 5.32. The smallest absolute Gasteiger partial charge is 0.317 e. The molecule has 1 aromatic carbocycles. The number of hydrogen-bond donors (Lipinski definition) is 1. The van der Waals surface area contributed by atoms with Gasteiger partial charge < -0.3 is 15.1 Å². The van der Waals surface area contributed by atoms with Crippen LogP contribution >= 0.6 is 0 Å². The molecule has 0 spiro atoms. The van der Waals surface area contributed by atoms with Crippen LogP contribution in [0.15, 0.2) is 24.4 Å². The first kappa shape index (κ1) is 20.1. The summed E-state index contributed by atoms with van der Waals surface area (Å²) in [7, 11) is 0. The number of nitrogens with zero attached hydrogens (tertiary/aromatic N) is 6. The number of piperazine rings is 1. The minimum absolute atomic E-state index is 0.00340. The van der Waals surface area contributed by atoms with E-state index in [0.29, 0.717) is 18.9 Å². The first-order valence-corrected chi connectivity index (χ1v) is 10.4. The minimum atomic E-state index is -0.00340. The summed E-state index contributed by atoms with van der Waals surface area (Å²) in [5.74, 6) is 1.60. The number of rotatable bonds is 3. The highest BCUT2D eigenvalue weighted by Crippen LogP contribution is 2.27. The summed E-state index contributed by atoms with van der Waals surface area (Å²) < 4.78 is 1.90. The number of urea groups is 1. The number of carbonyl (C=O) groups is 1. The van der Waals surface area contributed by atoms with Crippen LogP contribution in [-0.2, 0) is 0 Å². The summed E-state index contributed by atoms with van der Waals surface area (Å²) in [5, 5.41) is 8.54. The lowest BCUT2D eigenvalue weighted by Crippen LogP contribution is -2.53. The highest BCUT2D eigenvalue weighted by molar-refractivity contribution is 5.88. The molecule has 0 radical (unpaired) electrons. The third-order valence-electron chi connectivity index (χ3n) is 5.38. The van der Waals surface area contributed by atoms with E-state index in [2.05, 4.69) is 47.4 Å². The molecule has 0 unspecified atom stereocenters. The number of hydrogen-bond acceptors (Lipinski definition) is 5. The summed E-state index contributed by atoms with van der Waals surface area (Å²) in [6.07, 6.45) is 1.85. The molecule has 8 nitrogen and oxygen atoms in total. The number of nitrogens with one attached hydrogen (secondary N) is 1. The zero-order valence-corrected chi connectivity index (χ0v) is 18.3. The van der Waals surface area contributed by atoms with Crippen molar-refractivity contribution in [2.45, 2.75) is 40.7 Å². The average Bonchev–Trinajstić information content (AvgIpc) is 3.10. The van der Waals surface area contributed by atoms with E-state index in [1.807, 2.05) is 36.5 Å². The van der Waals surface area contributed by atoms with Crippen molar-refractivity contribution >= 4 is 22.9 Å². The van der Waals surface area contributed by atoms with Gasteiger partial charge in [-0.2, -0.15) is 5.10 Å². The van der Waals surface area contributed by atoms with Crippen molar-refractivity contribution in [2.24, 2.45) is 0 Å². The van der Waals surface area contributed by atoms with Crippen LogP contribution in [0.2, 0.25) is 0 Å². The SMILES string of the molecule is Cc1ccc(-n2ncc3c(N4CCN(C(=O)NC(C)C)CC4)nc(C)nc32)c(C)c1. The number of aromatic nitrogens is 4. The maximum atomic E-state index is 12.3. The molecule has 3 heterocycles. The van der Waals surface area contributed by atoms with Gasteiger partial charge in [0, 0.05) is 32.2 Å². The predicted molar refractivity (Wildman–Crippen MR) is 118 cm³/mol. The summed E-state index contributed by atoms with van der Waals surface area (Å²) in [6.45, 7) is 12.8. The maximum absolute atomic E-state index is 12.3. The lowest BCUT2D eigenvalue weighted by molar-refractivity contribution is 0.192. The van der Waals surface area contributed by atoms with Gasteiger partial charge >= 0.3 is 6.03 Å². The van der Waals surface area contributed by atoms with Crippen molar-refractivity contribution in [1.29, 1.82) is 0 Å². The molecular weight excluding hydrogens is 378 g/mol. The van der Waals surface area contributed by atoms with Crippen LogP contribution in [0, 0.1) is 20.8 Å². The number of benzene rings is 1. The summed E-state index contributed by atoms with van der Waals surface area (Å²) in [5.41, 5.74) is 4.21. The van der Waals surface area contributed by atoms with Crippen molar-refractivity contribution in [3.05, 3.63) is 41.3 Å². The molecule has 1 aliphatic rings. The Morgan fingerprint density at radius 3 is 2.47 bits per heavy atom. The van der Waals surface area contributed by atoms with Gasteiger partial charge in [0.2, 0.25) is 0 Å².